The van der Waals surface area contributed by atoms with Crippen LogP contribution in [-0.2, 0) is 6.54 Å². The van der Waals surface area contributed by atoms with Crippen LogP contribution >= 0.6 is 0 Å². The molecule has 0 unspecified atom stereocenters. The van der Waals surface area contributed by atoms with Gasteiger partial charge < -0.3 is 10.2 Å². The number of nitrogens with zero attached hydrogens (tertiary/aromatic N) is 4. The molecule has 0 aliphatic rings. The van der Waals surface area contributed by atoms with Gasteiger partial charge in [0, 0.05) is 18.8 Å². The van der Waals surface area contributed by atoms with Gasteiger partial charge in [0.2, 0.25) is 0 Å². The van der Waals surface area contributed by atoms with Crippen LogP contribution in [0.5, 0.6) is 0 Å². The molecule has 3 rings (SSSR count). The Morgan fingerprint density at radius 3 is 2.35 bits per heavy atom. The molecule has 5 heteroatoms. The predicted molar refractivity (Wildman–Crippen MR) is 92.7 cm³/mol. The molecule has 0 amide bonds. The van der Waals surface area contributed by atoms with E-state index in [-0.39, 0.29) is 0 Å². The van der Waals surface area contributed by atoms with Crippen molar-refractivity contribution in [2.45, 2.75) is 13.5 Å². The fraction of sp³-hybridized carbons (Fsp3) is 0.167. The van der Waals surface area contributed by atoms with E-state index in [1.807, 2.05) is 53.4 Å². The molecule has 0 saturated heterocycles. The van der Waals surface area contributed by atoms with Crippen LogP contribution in [0.2, 0.25) is 0 Å². The Kier molecular flexibility index (Phi) is 4.79. The average molecular weight is 305 g/mol. The molecular weight excluding hydrogens is 286 g/mol. The van der Waals surface area contributed by atoms with E-state index in [1.165, 1.54) is 5.56 Å². The zero-order chi connectivity index (χ0) is 15.9. The summed E-state index contributed by atoms with van der Waals surface area (Å²) in [5.41, 5.74) is 2.25. The lowest BCUT2D eigenvalue weighted by molar-refractivity contribution is 0.881. The fourth-order valence-electron chi connectivity index (χ4n) is 2.33. The maximum absolute atomic E-state index is 4.58. The predicted octanol–water partition coefficient (Wildman–Crippen LogP) is 3.64. The number of aromatic nitrogens is 3. The van der Waals surface area contributed by atoms with Gasteiger partial charge in [0.25, 0.3) is 5.95 Å². The zero-order valence-corrected chi connectivity index (χ0v) is 13.1. The number of nitrogens with one attached hydrogen (secondary N) is 1. The van der Waals surface area contributed by atoms with E-state index in [1.54, 1.807) is 6.20 Å². The van der Waals surface area contributed by atoms with Gasteiger partial charge >= 0.3 is 0 Å². The lowest BCUT2D eigenvalue weighted by atomic mass is 10.2. The Labute approximate surface area is 136 Å². The highest BCUT2D eigenvalue weighted by Crippen LogP contribution is 2.21. The van der Waals surface area contributed by atoms with Crippen LogP contribution in [0, 0.1) is 0 Å². The molecule has 0 atom stereocenters. The van der Waals surface area contributed by atoms with E-state index in [4.69, 9.17) is 0 Å². The van der Waals surface area contributed by atoms with Crippen LogP contribution in [0.15, 0.2) is 66.9 Å². The second-order valence-electron chi connectivity index (χ2n) is 5.06. The largest absolute Gasteiger partial charge is 0.365 e. The summed E-state index contributed by atoms with van der Waals surface area (Å²) >= 11 is 0. The minimum atomic E-state index is 0.594. The summed E-state index contributed by atoms with van der Waals surface area (Å²) in [4.78, 5) is 6.61. The normalized spacial score (nSPS) is 10.3. The van der Waals surface area contributed by atoms with Crippen molar-refractivity contribution < 1.29 is 0 Å². The number of rotatable bonds is 6. The monoisotopic (exact) mass is 305 g/mol. The van der Waals surface area contributed by atoms with E-state index >= 15 is 0 Å². The van der Waals surface area contributed by atoms with Gasteiger partial charge in [-0.25, -0.2) is 0 Å². The third-order valence-electron chi connectivity index (χ3n) is 3.49. The van der Waals surface area contributed by atoms with E-state index in [0.717, 1.165) is 12.2 Å². The van der Waals surface area contributed by atoms with Crippen molar-refractivity contribution in [3.63, 3.8) is 0 Å². The Bertz CT molecular complexity index is 731. The molecule has 116 valence electrons. The molecule has 1 heterocycles. The van der Waals surface area contributed by atoms with E-state index < -0.39 is 0 Å². The van der Waals surface area contributed by atoms with Gasteiger partial charge in [0.05, 0.1) is 6.20 Å². The van der Waals surface area contributed by atoms with Crippen LogP contribution in [0.3, 0.4) is 0 Å². The van der Waals surface area contributed by atoms with Crippen LogP contribution in [0.1, 0.15) is 12.5 Å². The molecule has 1 aromatic heterocycles. The lowest BCUT2D eigenvalue weighted by Gasteiger charge is -2.20. The first-order chi connectivity index (χ1) is 11.4. The first-order valence-corrected chi connectivity index (χ1v) is 7.67. The van der Waals surface area contributed by atoms with Crippen molar-refractivity contribution in [1.29, 1.82) is 0 Å². The molecule has 5 nitrogen and oxygen atoms in total. The molecule has 0 aliphatic heterocycles. The molecule has 0 aliphatic carbocycles. The fourth-order valence-corrected chi connectivity index (χ4v) is 2.33. The number of anilines is 3. The number of hydrogen-bond acceptors (Lipinski definition) is 5. The highest BCUT2D eigenvalue weighted by atomic mass is 15.3. The van der Waals surface area contributed by atoms with Crippen molar-refractivity contribution in [3.8, 4) is 0 Å². The quantitative estimate of drug-likeness (QED) is 0.753. The molecule has 0 saturated carbocycles. The zero-order valence-electron chi connectivity index (χ0n) is 13.1. The minimum absolute atomic E-state index is 0.594. The molecule has 23 heavy (non-hydrogen) atoms. The van der Waals surface area contributed by atoms with E-state index in [9.17, 15) is 0 Å². The first kappa shape index (κ1) is 15.0. The molecule has 0 radical (unpaired) electrons. The third-order valence-corrected chi connectivity index (χ3v) is 3.49. The molecule has 2 aromatic carbocycles. The van der Waals surface area contributed by atoms with Gasteiger partial charge in [0.15, 0.2) is 5.82 Å². The van der Waals surface area contributed by atoms with Gasteiger partial charge in [-0.05, 0) is 24.6 Å². The van der Waals surface area contributed by atoms with Crippen LogP contribution in [0.4, 0.5) is 17.5 Å². The van der Waals surface area contributed by atoms with E-state index in [2.05, 4.69) is 39.6 Å². The summed E-state index contributed by atoms with van der Waals surface area (Å²) in [5.74, 6) is 1.31. The van der Waals surface area contributed by atoms with E-state index in [0.29, 0.717) is 18.3 Å². The van der Waals surface area contributed by atoms with Crippen molar-refractivity contribution in [2.24, 2.45) is 0 Å². The number of benzene rings is 2. The summed E-state index contributed by atoms with van der Waals surface area (Å²) in [6.07, 6.45) is 1.64. The first-order valence-electron chi connectivity index (χ1n) is 7.67. The molecule has 0 bridgehead atoms. The maximum atomic E-state index is 4.58. The van der Waals surface area contributed by atoms with Crippen molar-refractivity contribution in [1.82, 2.24) is 15.2 Å². The van der Waals surface area contributed by atoms with Crippen molar-refractivity contribution in [2.75, 3.05) is 16.8 Å². The Hall–Kier alpha value is -2.95. The van der Waals surface area contributed by atoms with Gasteiger partial charge in [-0.3, -0.25) is 0 Å². The molecule has 3 aromatic rings. The van der Waals surface area contributed by atoms with Gasteiger partial charge in [-0.2, -0.15) is 10.1 Å². The van der Waals surface area contributed by atoms with Crippen molar-refractivity contribution in [3.05, 3.63) is 72.4 Å². The second-order valence-corrected chi connectivity index (χ2v) is 5.06. The summed E-state index contributed by atoms with van der Waals surface area (Å²) < 4.78 is 0. The van der Waals surface area contributed by atoms with Crippen LogP contribution in [0.25, 0.3) is 0 Å². The minimum Gasteiger partial charge on any atom is -0.365 e. The molecule has 1 N–H and O–H groups in total. The average Bonchev–Trinajstić information content (AvgIpc) is 2.63. The Balaban J connectivity index is 1.76. The summed E-state index contributed by atoms with van der Waals surface area (Å²) in [5, 5.41) is 11.5. The smallest absolute Gasteiger partial charge is 0.251 e. The highest BCUT2D eigenvalue weighted by molar-refractivity contribution is 5.57. The topological polar surface area (TPSA) is 53.9 Å². The van der Waals surface area contributed by atoms with Gasteiger partial charge in [-0.1, -0.05) is 48.5 Å². The standard InChI is InChI=1S/C18H19N5/c1-2-23(16-11-7-4-8-12-16)18-21-17(14-20-22-18)19-13-15-9-5-3-6-10-15/h3-12,14H,2,13H2,1H3,(H,19,21,22). The van der Waals surface area contributed by atoms with Crippen molar-refractivity contribution >= 4 is 17.5 Å². The highest BCUT2D eigenvalue weighted by Gasteiger charge is 2.11. The molecule has 0 spiro atoms. The number of para-hydroxylation sites is 1. The summed E-state index contributed by atoms with van der Waals surface area (Å²) in [6.45, 7) is 3.55. The Morgan fingerprint density at radius 1 is 0.957 bits per heavy atom. The third kappa shape index (κ3) is 3.83. The van der Waals surface area contributed by atoms with Gasteiger partial charge in [0.1, 0.15) is 0 Å². The van der Waals surface area contributed by atoms with Crippen LogP contribution in [-0.4, -0.2) is 21.7 Å². The number of hydrogen-bond donors (Lipinski definition) is 1. The molecule has 0 fully saturated rings. The second kappa shape index (κ2) is 7.35. The van der Waals surface area contributed by atoms with Gasteiger partial charge in [-0.15, -0.1) is 5.10 Å². The van der Waals surface area contributed by atoms with Crippen LogP contribution < -0.4 is 10.2 Å². The SMILES string of the molecule is CCN(c1ccccc1)c1nncc(NCc2ccccc2)n1. The maximum Gasteiger partial charge on any atom is 0.251 e. The lowest BCUT2D eigenvalue weighted by Crippen LogP contribution is -2.19. The molecular formula is C18H19N5. The summed E-state index contributed by atoms with van der Waals surface area (Å²) in [6, 6.07) is 20.3. The summed E-state index contributed by atoms with van der Waals surface area (Å²) in [7, 11) is 0. The Morgan fingerprint density at radius 2 is 1.65 bits per heavy atom.